The van der Waals surface area contributed by atoms with Crippen LogP contribution in [0.1, 0.15) is 6.42 Å². The van der Waals surface area contributed by atoms with Crippen molar-refractivity contribution in [2.24, 2.45) is 0 Å². The Morgan fingerprint density at radius 1 is 1.03 bits per heavy atom. The number of fused-ring (bicyclic) bond motifs is 1. The highest BCUT2D eigenvalue weighted by atomic mass is 19.1. The first-order valence-corrected chi connectivity index (χ1v) is 10.3. The van der Waals surface area contributed by atoms with Crippen molar-refractivity contribution in [1.29, 1.82) is 0 Å². The van der Waals surface area contributed by atoms with Crippen molar-refractivity contribution in [2.75, 3.05) is 56.6 Å². The van der Waals surface area contributed by atoms with E-state index in [1.165, 1.54) is 12.1 Å². The Bertz CT molecular complexity index is 1060. The van der Waals surface area contributed by atoms with Gasteiger partial charge < -0.3 is 19.3 Å². The number of benzene rings is 1. The van der Waals surface area contributed by atoms with E-state index in [1.807, 2.05) is 26.4 Å². The fourth-order valence-corrected chi connectivity index (χ4v) is 3.76. The van der Waals surface area contributed by atoms with Crippen LogP contribution in [0.3, 0.4) is 0 Å². The van der Waals surface area contributed by atoms with Crippen LogP contribution < -0.4 is 15.4 Å². The van der Waals surface area contributed by atoms with E-state index < -0.39 is 0 Å². The van der Waals surface area contributed by atoms with Gasteiger partial charge in [-0.25, -0.2) is 14.4 Å². The number of anilines is 2. The highest BCUT2D eigenvalue weighted by Crippen LogP contribution is 2.19. The second-order valence-corrected chi connectivity index (χ2v) is 7.89. The third-order valence-corrected chi connectivity index (χ3v) is 5.47. The Labute approximate surface area is 175 Å². The molecule has 158 valence electrons. The average Bonchev–Trinajstić information content (AvgIpc) is 2.75. The monoisotopic (exact) mass is 410 g/mol. The Morgan fingerprint density at radius 3 is 2.43 bits per heavy atom. The van der Waals surface area contributed by atoms with Gasteiger partial charge in [0.1, 0.15) is 5.82 Å². The van der Waals surface area contributed by atoms with Crippen molar-refractivity contribution in [3.63, 3.8) is 0 Å². The van der Waals surface area contributed by atoms with Crippen LogP contribution in [-0.4, -0.2) is 66.3 Å². The van der Waals surface area contributed by atoms with E-state index in [2.05, 4.69) is 24.7 Å². The molecule has 8 heteroatoms. The van der Waals surface area contributed by atoms with E-state index in [4.69, 9.17) is 0 Å². The number of halogens is 1. The second kappa shape index (κ2) is 8.79. The first-order chi connectivity index (χ1) is 14.5. The van der Waals surface area contributed by atoms with Crippen LogP contribution in [0, 0.1) is 5.82 Å². The standard InChI is InChI=1S/C22H27FN6O/c1-26(2)9-3-10-28-11-8-20-19(21(28)30)16-24-22(25-20)29-14-12-27(13-15-29)18-6-4-17(23)5-7-18/h4-8,11,16H,3,9-10,12-15H2,1-2H3. The summed E-state index contributed by atoms with van der Waals surface area (Å²) in [5, 5.41) is 0.552. The van der Waals surface area contributed by atoms with Gasteiger partial charge in [0, 0.05) is 50.8 Å². The Hall–Kier alpha value is -3.00. The predicted octanol–water partition coefficient (Wildman–Crippen LogP) is 2.21. The van der Waals surface area contributed by atoms with Crippen LogP contribution in [0.5, 0.6) is 0 Å². The molecule has 0 unspecified atom stereocenters. The Morgan fingerprint density at radius 2 is 1.73 bits per heavy atom. The molecule has 0 bridgehead atoms. The van der Waals surface area contributed by atoms with Gasteiger partial charge in [0.25, 0.3) is 5.56 Å². The summed E-state index contributed by atoms with van der Waals surface area (Å²) < 4.78 is 14.9. The minimum absolute atomic E-state index is 0.0427. The van der Waals surface area contributed by atoms with Crippen molar-refractivity contribution < 1.29 is 4.39 Å². The number of hydrogen-bond donors (Lipinski definition) is 0. The summed E-state index contributed by atoms with van der Waals surface area (Å²) in [7, 11) is 4.05. The summed E-state index contributed by atoms with van der Waals surface area (Å²) in [5.41, 5.74) is 1.65. The zero-order valence-electron chi connectivity index (χ0n) is 17.5. The summed E-state index contributed by atoms with van der Waals surface area (Å²) in [6.07, 6.45) is 4.38. The quantitative estimate of drug-likeness (QED) is 0.621. The second-order valence-electron chi connectivity index (χ2n) is 7.89. The average molecular weight is 410 g/mol. The molecule has 0 saturated carbocycles. The highest BCUT2D eigenvalue weighted by molar-refractivity contribution is 5.77. The van der Waals surface area contributed by atoms with E-state index >= 15 is 0 Å². The number of rotatable bonds is 6. The summed E-state index contributed by atoms with van der Waals surface area (Å²) in [5.74, 6) is 0.421. The maximum absolute atomic E-state index is 13.1. The lowest BCUT2D eigenvalue weighted by Gasteiger charge is -2.36. The Balaban J connectivity index is 1.45. The molecule has 4 rings (SSSR count). The number of piperazine rings is 1. The van der Waals surface area contributed by atoms with E-state index in [0.717, 1.165) is 44.8 Å². The molecule has 7 nitrogen and oxygen atoms in total. The number of nitrogens with zero attached hydrogens (tertiary/aromatic N) is 6. The molecule has 0 amide bonds. The van der Waals surface area contributed by atoms with E-state index in [9.17, 15) is 9.18 Å². The van der Waals surface area contributed by atoms with Gasteiger partial charge in [0.05, 0.1) is 10.9 Å². The van der Waals surface area contributed by atoms with E-state index in [1.54, 1.807) is 22.9 Å². The predicted molar refractivity (Wildman–Crippen MR) is 118 cm³/mol. The van der Waals surface area contributed by atoms with Crippen molar-refractivity contribution in [3.05, 3.63) is 58.9 Å². The summed E-state index contributed by atoms with van der Waals surface area (Å²) >= 11 is 0. The van der Waals surface area contributed by atoms with Crippen LogP contribution >= 0.6 is 0 Å². The first kappa shape index (κ1) is 20.3. The van der Waals surface area contributed by atoms with Gasteiger partial charge in [-0.2, -0.15) is 0 Å². The molecule has 2 aromatic heterocycles. The fourth-order valence-electron chi connectivity index (χ4n) is 3.76. The lowest BCUT2D eigenvalue weighted by atomic mass is 10.2. The van der Waals surface area contributed by atoms with Gasteiger partial charge in [-0.15, -0.1) is 0 Å². The van der Waals surface area contributed by atoms with Crippen LogP contribution in [0.15, 0.2) is 47.5 Å². The summed E-state index contributed by atoms with van der Waals surface area (Å²) in [6, 6.07) is 8.48. The lowest BCUT2D eigenvalue weighted by Crippen LogP contribution is -2.47. The number of aromatic nitrogens is 3. The van der Waals surface area contributed by atoms with Gasteiger partial charge in [-0.3, -0.25) is 4.79 Å². The van der Waals surface area contributed by atoms with Crippen LogP contribution in [-0.2, 0) is 6.54 Å². The highest BCUT2D eigenvalue weighted by Gasteiger charge is 2.20. The van der Waals surface area contributed by atoms with Gasteiger partial charge in [-0.05, 0) is 57.4 Å². The molecule has 1 aliphatic rings. The van der Waals surface area contributed by atoms with Crippen molar-refractivity contribution in [2.45, 2.75) is 13.0 Å². The lowest BCUT2D eigenvalue weighted by molar-refractivity contribution is 0.385. The molecule has 1 aromatic carbocycles. The molecule has 1 aliphatic heterocycles. The number of hydrogen-bond acceptors (Lipinski definition) is 6. The molecule has 0 aliphatic carbocycles. The maximum Gasteiger partial charge on any atom is 0.261 e. The molecule has 30 heavy (non-hydrogen) atoms. The molecule has 0 N–H and O–H groups in total. The summed E-state index contributed by atoms with van der Waals surface area (Å²) in [6.45, 7) is 4.76. The van der Waals surface area contributed by atoms with Gasteiger partial charge >= 0.3 is 0 Å². The van der Waals surface area contributed by atoms with Crippen LogP contribution in [0.4, 0.5) is 16.0 Å². The first-order valence-electron chi connectivity index (χ1n) is 10.3. The topological polar surface area (TPSA) is 57.5 Å². The SMILES string of the molecule is CN(C)CCCn1ccc2nc(N3CCN(c4ccc(F)cc4)CC3)ncc2c1=O. The van der Waals surface area contributed by atoms with Crippen LogP contribution in [0.2, 0.25) is 0 Å². The zero-order valence-corrected chi connectivity index (χ0v) is 17.5. The van der Waals surface area contributed by atoms with Crippen molar-refractivity contribution in [1.82, 2.24) is 19.4 Å². The largest absolute Gasteiger partial charge is 0.368 e. The Kier molecular flexibility index (Phi) is 5.94. The van der Waals surface area contributed by atoms with E-state index in [-0.39, 0.29) is 11.4 Å². The molecular weight excluding hydrogens is 383 g/mol. The van der Waals surface area contributed by atoms with Crippen molar-refractivity contribution >= 4 is 22.5 Å². The fraction of sp³-hybridized carbons (Fsp3) is 0.409. The summed E-state index contributed by atoms with van der Waals surface area (Å²) in [4.78, 5) is 28.3. The smallest absolute Gasteiger partial charge is 0.261 e. The molecular formula is C22H27FN6O. The minimum atomic E-state index is -0.223. The molecule has 1 saturated heterocycles. The molecule has 0 spiro atoms. The molecule has 0 radical (unpaired) electrons. The molecule has 3 aromatic rings. The third kappa shape index (κ3) is 4.43. The minimum Gasteiger partial charge on any atom is -0.368 e. The normalized spacial score (nSPS) is 14.7. The third-order valence-electron chi connectivity index (χ3n) is 5.47. The molecule has 1 fully saturated rings. The maximum atomic E-state index is 13.1. The number of aryl methyl sites for hydroxylation is 1. The van der Waals surface area contributed by atoms with Crippen LogP contribution in [0.25, 0.3) is 10.9 Å². The van der Waals surface area contributed by atoms with Gasteiger partial charge in [0.2, 0.25) is 5.95 Å². The van der Waals surface area contributed by atoms with Gasteiger partial charge in [-0.1, -0.05) is 0 Å². The van der Waals surface area contributed by atoms with Gasteiger partial charge in [0.15, 0.2) is 0 Å². The van der Waals surface area contributed by atoms with E-state index in [0.29, 0.717) is 23.4 Å². The van der Waals surface area contributed by atoms with Crippen molar-refractivity contribution in [3.8, 4) is 0 Å². The number of pyridine rings is 1. The zero-order chi connectivity index (χ0) is 21.1. The molecule has 0 atom stereocenters. The molecule has 3 heterocycles.